The molecule has 30 heavy (non-hydrogen) atoms. The molecule has 0 aliphatic heterocycles. The Labute approximate surface area is 177 Å². The summed E-state index contributed by atoms with van der Waals surface area (Å²) in [5, 5.41) is 6.74. The molecule has 0 saturated heterocycles. The normalized spacial score (nSPS) is 10.6. The number of benzene rings is 3. The zero-order valence-corrected chi connectivity index (χ0v) is 16.4. The summed E-state index contributed by atoms with van der Waals surface area (Å²) in [6, 6.07) is 19.5. The van der Waals surface area contributed by atoms with Crippen LogP contribution in [0.1, 0.15) is 11.1 Å². The van der Waals surface area contributed by atoms with E-state index in [9.17, 15) is 14.0 Å². The molecule has 0 heterocycles. The zero-order valence-electron chi connectivity index (χ0n) is 15.6. The number of carbonyl (C=O) groups excluding carboxylic acids is 2. The first-order valence-electron chi connectivity index (χ1n) is 8.87. The van der Waals surface area contributed by atoms with Gasteiger partial charge < -0.3 is 10.1 Å². The molecule has 152 valence electrons. The van der Waals surface area contributed by atoms with E-state index in [4.69, 9.17) is 16.3 Å². The van der Waals surface area contributed by atoms with E-state index in [2.05, 4.69) is 15.8 Å². The van der Waals surface area contributed by atoms with Crippen LogP contribution in [0.15, 0.2) is 77.9 Å². The van der Waals surface area contributed by atoms with Crippen LogP contribution in [-0.4, -0.2) is 18.0 Å². The smallest absolute Gasteiger partial charge is 0.329 e. The van der Waals surface area contributed by atoms with Gasteiger partial charge in [-0.2, -0.15) is 5.10 Å². The van der Waals surface area contributed by atoms with Crippen LogP contribution in [0, 0.1) is 5.82 Å². The summed E-state index contributed by atoms with van der Waals surface area (Å²) in [6.45, 7) is 0.382. The molecule has 2 amide bonds. The Hall–Kier alpha value is -3.71. The molecule has 8 heteroatoms. The largest absolute Gasteiger partial charge is 0.489 e. The van der Waals surface area contributed by atoms with Crippen molar-refractivity contribution in [2.45, 2.75) is 6.61 Å². The molecular formula is C22H17ClFN3O3. The number of anilines is 1. The van der Waals surface area contributed by atoms with Gasteiger partial charge in [0.2, 0.25) is 0 Å². The van der Waals surface area contributed by atoms with Crippen LogP contribution in [0.3, 0.4) is 0 Å². The zero-order chi connectivity index (χ0) is 21.3. The highest BCUT2D eigenvalue weighted by atomic mass is 35.5. The third-order valence-corrected chi connectivity index (χ3v) is 4.10. The van der Waals surface area contributed by atoms with Crippen molar-refractivity contribution in [2.24, 2.45) is 5.10 Å². The van der Waals surface area contributed by atoms with Gasteiger partial charge in [-0.1, -0.05) is 23.7 Å². The number of nitrogens with zero attached hydrogens (tertiary/aromatic N) is 1. The van der Waals surface area contributed by atoms with E-state index in [0.29, 0.717) is 28.6 Å². The van der Waals surface area contributed by atoms with Crippen LogP contribution < -0.4 is 15.5 Å². The maximum Gasteiger partial charge on any atom is 0.329 e. The lowest BCUT2D eigenvalue weighted by Crippen LogP contribution is -2.32. The minimum Gasteiger partial charge on any atom is -0.489 e. The Morgan fingerprint density at radius 3 is 2.43 bits per heavy atom. The van der Waals surface area contributed by atoms with E-state index in [1.807, 2.05) is 18.2 Å². The van der Waals surface area contributed by atoms with Gasteiger partial charge in [0.15, 0.2) is 0 Å². The number of nitrogens with one attached hydrogen (secondary N) is 2. The Kier molecular flexibility index (Phi) is 7.13. The Bertz CT molecular complexity index is 1050. The number of hydrogen-bond acceptors (Lipinski definition) is 4. The number of amides is 2. The van der Waals surface area contributed by atoms with Gasteiger partial charge in [-0.25, -0.2) is 9.82 Å². The fourth-order valence-electron chi connectivity index (χ4n) is 2.38. The van der Waals surface area contributed by atoms with Gasteiger partial charge in [0, 0.05) is 10.7 Å². The van der Waals surface area contributed by atoms with E-state index in [1.165, 1.54) is 30.5 Å². The first-order chi connectivity index (χ1) is 14.5. The van der Waals surface area contributed by atoms with Gasteiger partial charge in [-0.3, -0.25) is 9.59 Å². The van der Waals surface area contributed by atoms with E-state index >= 15 is 0 Å². The summed E-state index contributed by atoms with van der Waals surface area (Å²) in [5.74, 6) is -1.64. The minimum absolute atomic E-state index is 0.300. The number of hydrazone groups is 1. The predicted octanol–water partition coefficient (Wildman–Crippen LogP) is 4.15. The maximum atomic E-state index is 12.8. The summed E-state index contributed by atoms with van der Waals surface area (Å²) < 4.78 is 18.5. The van der Waals surface area contributed by atoms with Crippen LogP contribution >= 0.6 is 11.6 Å². The van der Waals surface area contributed by atoms with Gasteiger partial charge in [0.1, 0.15) is 18.2 Å². The highest BCUT2D eigenvalue weighted by molar-refractivity contribution is 6.39. The van der Waals surface area contributed by atoms with Crippen LogP contribution in [0.4, 0.5) is 10.1 Å². The third-order valence-electron chi connectivity index (χ3n) is 3.86. The van der Waals surface area contributed by atoms with Gasteiger partial charge in [0.05, 0.1) is 6.21 Å². The van der Waals surface area contributed by atoms with Crippen molar-refractivity contribution in [1.29, 1.82) is 0 Å². The fraction of sp³-hybridized carbons (Fsp3) is 0.0455. The number of carbonyl (C=O) groups is 2. The van der Waals surface area contributed by atoms with Gasteiger partial charge in [-0.05, 0) is 71.8 Å². The van der Waals surface area contributed by atoms with Crippen molar-refractivity contribution in [1.82, 2.24) is 5.43 Å². The first kappa shape index (κ1) is 21.0. The Morgan fingerprint density at radius 2 is 1.73 bits per heavy atom. The van der Waals surface area contributed by atoms with Crippen molar-refractivity contribution in [2.75, 3.05) is 5.32 Å². The first-order valence-corrected chi connectivity index (χ1v) is 9.25. The molecule has 6 nitrogen and oxygen atoms in total. The molecule has 0 unspecified atom stereocenters. The summed E-state index contributed by atoms with van der Waals surface area (Å²) in [6.07, 6.45) is 1.39. The second-order valence-electron chi connectivity index (χ2n) is 6.15. The average Bonchev–Trinajstić information content (AvgIpc) is 2.75. The highest BCUT2D eigenvalue weighted by Crippen LogP contribution is 2.16. The summed E-state index contributed by atoms with van der Waals surface area (Å²) in [5.41, 5.74) is 4.08. The van der Waals surface area contributed by atoms with Crippen LogP contribution in [-0.2, 0) is 16.2 Å². The lowest BCUT2D eigenvalue weighted by atomic mass is 10.2. The molecule has 0 spiro atoms. The summed E-state index contributed by atoms with van der Waals surface area (Å²) >= 11 is 5.95. The highest BCUT2D eigenvalue weighted by Gasteiger charge is 2.12. The molecule has 0 bridgehead atoms. The molecule has 0 aliphatic carbocycles. The minimum atomic E-state index is -0.947. The predicted molar refractivity (Wildman–Crippen MR) is 113 cm³/mol. The molecule has 0 aromatic heterocycles. The van der Waals surface area contributed by atoms with E-state index in [-0.39, 0.29) is 0 Å². The van der Waals surface area contributed by atoms with Crippen molar-refractivity contribution in [3.8, 4) is 5.75 Å². The van der Waals surface area contributed by atoms with Crippen LogP contribution in [0.5, 0.6) is 5.75 Å². The second-order valence-corrected chi connectivity index (χ2v) is 6.58. The topological polar surface area (TPSA) is 79.8 Å². The maximum absolute atomic E-state index is 12.8. The molecule has 3 aromatic carbocycles. The molecular weight excluding hydrogens is 409 g/mol. The average molecular weight is 426 g/mol. The fourth-order valence-corrected chi connectivity index (χ4v) is 2.59. The van der Waals surface area contributed by atoms with Crippen molar-refractivity contribution in [3.63, 3.8) is 0 Å². The van der Waals surface area contributed by atoms with Gasteiger partial charge >= 0.3 is 11.8 Å². The molecule has 0 radical (unpaired) electrons. The molecule has 0 atom stereocenters. The van der Waals surface area contributed by atoms with Crippen molar-refractivity contribution < 1.29 is 18.7 Å². The lowest BCUT2D eigenvalue weighted by Gasteiger charge is -2.07. The Balaban J connectivity index is 1.46. The number of hydrogen-bond donors (Lipinski definition) is 2. The number of rotatable bonds is 6. The SMILES string of the molecule is O=C(N/N=C/c1ccc(OCc2cccc(Cl)c2)cc1)C(=O)Nc1ccc(F)cc1. The van der Waals surface area contributed by atoms with Crippen molar-refractivity contribution >= 4 is 35.3 Å². The molecule has 0 aliphatic rings. The van der Waals surface area contributed by atoms with Crippen LogP contribution in [0.25, 0.3) is 0 Å². The third kappa shape index (κ3) is 6.42. The van der Waals surface area contributed by atoms with Crippen molar-refractivity contribution in [3.05, 3.63) is 94.8 Å². The lowest BCUT2D eigenvalue weighted by molar-refractivity contribution is -0.136. The summed E-state index contributed by atoms with van der Waals surface area (Å²) in [7, 11) is 0. The number of ether oxygens (including phenoxy) is 1. The van der Waals surface area contributed by atoms with E-state index in [0.717, 1.165) is 5.56 Å². The van der Waals surface area contributed by atoms with E-state index in [1.54, 1.807) is 30.3 Å². The summed E-state index contributed by atoms with van der Waals surface area (Å²) in [4.78, 5) is 23.5. The monoisotopic (exact) mass is 425 g/mol. The van der Waals surface area contributed by atoms with Gasteiger partial charge in [0.25, 0.3) is 0 Å². The number of halogens is 2. The standard InChI is InChI=1S/C22H17ClFN3O3/c23-17-3-1-2-16(12-17)14-30-20-10-4-15(5-11-20)13-25-27-22(29)21(28)26-19-8-6-18(24)7-9-19/h1-13H,14H2,(H,26,28)(H,27,29)/b25-13+. The second kappa shape index (κ2) is 10.2. The van der Waals surface area contributed by atoms with E-state index < -0.39 is 17.6 Å². The molecule has 2 N–H and O–H groups in total. The van der Waals surface area contributed by atoms with Crippen LogP contribution in [0.2, 0.25) is 5.02 Å². The molecule has 3 rings (SSSR count). The molecule has 0 fully saturated rings. The molecule has 3 aromatic rings. The Morgan fingerprint density at radius 1 is 1.00 bits per heavy atom. The molecule has 0 saturated carbocycles. The van der Waals surface area contributed by atoms with Gasteiger partial charge in [-0.15, -0.1) is 0 Å². The quantitative estimate of drug-likeness (QED) is 0.354.